The Balaban J connectivity index is 1.01. The van der Waals surface area contributed by atoms with Crippen molar-refractivity contribution in [3.8, 4) is 51.0 Å². The number of benzene rings is 8. The Morgan fingerprint density at radius 1 is 0.368 bits per heavy atom. The zero-order chi connectivity index (χ0) is 37.5. The van der Waals surface area contributed by atoms with Gasteiger partial charge in [0.2, 0.25) is 0 Å². The second-order valence-corrected chi connectivity index (χ2v) is 15.5. The van der Waals surface area contributed by atoms with Crippen LogP contribution in [0, 0.1) is 0 Å². The first kappa shape index (κ1) is 31.9. The number of fused-ring (bicyclic) bond motifs is 9. The highest BCUT2D eigenvalue weighted by Crippen LogP contribution is 2.42. The Kier molecular flexibility index (Phi) is 7.03. The number of para-hydroxylation sites is 1. The van der Waals surface area contributed by atoms with Gasteiger partial charge in [0.05, 0.1) is 22.1 Å². The molecule has 0 aliphatic rings. The molecule has 0 atom stereocenters. The molecule has 266 valence electrons. The lowest BCUT2D eigenvalue weighted by Crippen LogP contribution is -2.00. The molecule has 4 aromatic heterocycles. The molecule has 57 heavy (non-hydrogen) atoms. The van der Waals surface area contributed by atoms with E-state index in [-0.39, 0.29) is 0 Å². The van der Waals surface area contributed by atoms with Gasteiger partial charge in [0.25, 0.3) is 0 Å². The molecule has 0 spiro atoms. The minimum atomic E-state index is 0.592. The van der Waals surface area contributed by atoms with E-state index in [1.165, 1.54) is 42.1 Å². The van der Waals surface area contributed by atoms with Crippen LogP contribution in [0.4, 0.5) is 0 Å². The highest BCUT2D eigenvalue weighted by atomic mass is 32.1. The minimum Gasteiger partial charge on any atom is -0.456 e. The van der Waals surface area contributed by atoms with Crippen LogP contribution in [0.3, 0.4) is 0 Å². The van der Waals surface area contributed by atoms with Crippen LogP contribution in [0.5, 0.6) is 0 Å². The average molecular weight is 747 g/mol. The standard InChI is InChI=1S/C51H30N4OS/c1-3-12-31(13-4-1)49-52-50(32-14-5-2-6-15-32)54-51(53-49)35-22-25-38-45(30-35)56-44-20-11-19-43(48(38)44)55-41-18-9-7-16-36(41)39-28-33(23-26-42(39)55)34-24-27-47-40(29-34)37-17-8-10-21-46(37)57-47/h1-30H. The van der Waals surface area contributed by atoms with Crippen molar-refractivity contribution in [2.45, 2.75) is 0 Å². The van der Waals surface area contributed by atoms with Crippen molar-refractivity contribution in [3.05, 3.63) is 182 Å². The van der Waals surface area contributed by atoms with Crippen molar-refractivity contribution in [1.82, 2.24) is 19.5 Å². The van der Waals surface area contributed by atoms with E-state index >= 15 is 0 Å². The predicted molar refractivity (Wildman–Crippen MR) is 236 cm³/mol. The molecule has 12 aromatic rings. The van der Waals surface area contributed by atoms with E-state index in [0.29, 0.717) is 17.5 Å². The van der Waals surface area contributed by atoms with Gasteiger partial charge in [-0.2, -0.15) is 0 Å². The molecule has 0 radical (unpaired) electrons. The van der Waals surface area contributed by atoms with Crippen molar-refractivity contribution < 1.29 is 4.42 Å². The van der Waals surface area contributed by atoms with Crippen LogP contribution in [0.25, 0.3) is 115 Å². The second kappa shape index (κ2) is 12.6. The third kappa shape index (κ3) is 5.12. The van der Waals surface area contributed by atoms with Gasteiger partial charge in [0.1, 0.15) is 11.2 Å². The molecule has 0 saturated carbocycles. The lowest BCUT2D eigenvalue weighted by molar-refractivity contribution is 0.669. The van der Waals surface area contributed by atoms with Gasteiger partial charge in [0.15, 0.2) is 17.5 Å². The highest BCUT2D eigenvalue weighted by Gasteiger charge is 2.20. The van der Waals surface area contributed by atoms with Gasteiger partial charge < -0.3 is 8.98 Å². The summed E-state index contributed by atoms with van der Waals surface area (Å²) in [5, 5.41) is 7.13. The van der Waals surface area contributed by atoms with E-state index in [0.717, 1.165) is 55.3 Å². The quantitative estimate of drug-likeness (QED) is 0.176. The molecule has 0 amide bonds. The largest absolute Gasteiger partial charge is 0.456 e. The smallest absolute Gasteiger partial charge is 0.164 e. The van der Waals surface area contributed by atoms with Crippen molar-refractivity contribution in [2.75, 3.05) is 0 Å². The van der Waals surface area contributed by atoms with Gasteiger partial charge in [-0.25, -0.2) is 15.0 Å². The number of hydrogen-bond donors (Lipinski definition) is 0. The molecule has 8 aromatic carbocycles. The number of aromatic nitrogens is 4. The predicted octanol–water partition coefficient (Wildman–Crippen LogP) is 13.9. The van der Waals surface area contributed by atoms with Gasteiger partial charge in [-0.1, -0.05) is 121 Å². The Morgan fingerprint density at radius 2 is 0.965 bits per heavy atom. The van der Waals surface area contributed by atoms with Gasteiger partial charge in [-0.15, -0.1) is 11.3 Å². The summed E-state index contributed by atoms with van der Waals surface area (Å²) in [5.41, 5.74) is 10.1. The zero-order valence-electron chi connectivity index (χ0n) is 30.4. The van der Waals surface area contributed by atoms with Crippen LogP contribution in [0.2, 0.25) is 0 Å². The van der Waals surface area contributed by atoms with E-state index < -0.39 is 0 Å². The average Bonchev–Trinajstić information content (AvgIpc) is 3.95. The molecular weight excluding hydrogens is 717 g/mol. The first-order valence-electron chi connectivity index (χ1n) is 19.0. The minimum absolute atomic E-state index is 0.592. The molecule has 0 aliphatic carbocycles. The van der Waals surface area contributed by atoms with E-state index in [1.54, 1.807) is 0 Å². The molecule has 0 aliphatic heterocycles. The van der Waals surface area contributed by atoms with Gasteiger partial charge in [-0.05, 0) is 71.8 Å². The van der Waals surface area contributed by atoms with Crippen molar-refractivity contribution in [1.29, 1.82) is 0 Å². The molecule has 12 rings (SSSR count). The number of rotatable bonds is 5. The molecule has 5 nitrogen and oxygen atoms in total. The van der Waals surface area contributed by atoms with Gasteiger partial charge in [-0.3, -0.25) is 0 Å². The Morgan fingerprint density at radius 3 is 1.74 bits per heavy atom. The molecule has 0 unspecified atom stereocenters. The normalized spacial score (nSPS) is 11.9. The van der Waals surface area contributed by atoms with Crippen molar-refractivity contribution >= 4 is 75.3 Å². The van der Waals surface area contributed by atoms with E-state index in [4.69, 9.17) is 19.4 Å². The molecule has 0 fully saturated rings. The molecule has 6 heteroatoms. The first-order chi connectivity index (χ1) is 28.2. The summed E-state index contributed by atoms with van der Waals surface area (Å²) >= 11 is 1.85. The number of nitrogens with zero attached hydrogens (tertiary/aromatic N) is 4. The third-order valence-electron chi connectivity index (χ3n) is 11.1. The Bertz CT molecular complexity index is 3470. The molecule has 0 bridgehead atoms. The fraction of sp³-hybridized carbons (Fsp3) is 0. The second-order valence-electron chi connectivity index (χ2n) is 14.4. The Hall–Kier alpha value is -7.41. The summed E-state index contributed by atoms with van der Waals surface area (Å²) in [5.74, 6) is 1.85. The maximum Gasteiger partial charge on any atom is 0.164 e. The van der Waals surface area contributed by atoms with E-state index in [1.807, 2.05) is 72.0 Å². The zero-order valence-corrected chi connectivity index (χ0v) is 31.2. The summed E-state index contributed by atoms with van der Waals surface area (Å²) in [7, 11) is 0. The summed E-state index contributed by atoms with van der Waals surface area (Å²) in [6, 6.07) is 63.9. The SMILES string of the molecule is c1ccc(-c2nc(-c3ccccc3)nc(-c3ccc4c(c3)oc3cccc(-n5c6ccccc6c6cc(-c7ccc8sc9ccccc9c8c7)ccc65)c34)n2)cc1. The summed E-state index contributed by atoms with van der Waals surface area (Å²) < 4.78 is 11.7. The topological polar surface area (TPSA) is 56.7 Å². The van der Waals surface area contributed by atoms with E-state index in [9.17, 15) is 0 Å². The molecular formula is C51H30N4OS. The van der Waals surface area contributed by atoms with Crippen LogP contribution < -0.4 is 0 Å². The van der Waals surface area contributed by atoms with E-state index in [2.05, 4.69) is 126 Å². The maximum absolute atomic E-state index is 6.66. The number of hydrogen-bond acceptors (Lipinski definition) is 5. The van der Waals surface area contributed by atoms with Crippen LogP contribution in [-0.2, 0) is 0 Å². The molecule has 4 heterocycles. The maximum atomic E-state index is 6.66. The Labute approximate surface area is 330 Å². The summed E-state index contributed by atoms with van der Waals surface area (Å²) in [4.78, 5) is 14.8. The van der Waals surface area contributed by atoms with Crippen LogP contribution in [0.15, 0.2) is 186 Å². The molecule has 0 saturated heterocycles. The summed E-state index contributed by atoms with van der Waals surface area (Å²) in [6.07, 6.45) is 0. The van der Waals surface area contributed by atoms with Gasteiger partial charge in [0, 0.05) is 53.0 Å². The summed E-state index contributed by atoms with van der Waals surface area (Å²) in [6.45, 7) is 0. The highest BCUT2D eigenvalue weighted by molar-refractivity contribution is 7.25. The number of furan rings is 1. The fourth-order valence-electron chi connectivity index (χ4n) is 8.39. The molecule has 0 N–H and O–H groups in total. The lowest BCUT2D eigenvalue weighted by atomic mass is 10.0. The van der Waals surface area contributed by atoms with Crippen molar-refractivity contribution in [3.63, 3.8) is 0 Å². The lowest BCUT2D eigenvalue weighted by Gasteiger charge is -2.10. The van der Waals surface area contributed by atoms with Crippen LogP contribution in [0.1, 0.15) is 0 Å². The fourth-order valence-corrected chi connectivity index (χ4v) is 9.47. The third-order valence-corrected chi connectivity index (χ3v) is 12.2. The monoisotopic (exact) mass is 746 g/mol. The van der Waals surface area contributed by atoms with Crippen molar-refractivity contribution in [2.24, 2.45) is 0 Å². The first-order valence-corrected chi connectivity index (χ1v) is 19.8. The van der Waals surface area contributed by atoms with Crippen LogP contribution in [-0.4, -0.2) is 19.5 Å². The van der Waals surface area contributed by atoms with Crippen LogP contribution >= 0.6 is 11.3 Å². The number of thiophene rings is 1. The van der Waals surface area contributed by atoms with Gasteiger partial charge >= 0.3 is 0 Å².